The van der Waals surface area contributed by atoms with Gasteiger partial charge in [-0.15, -0.1) is 0 Å². The van der Waals surface area contributed by atoms with E-state index in [1.54, 1.807) is 7.05 Å². The van der Waals surface area contributed by atoms with Crippen LogP contribution in [0, 0.1) is 6.92 Å². The largest absolute Gasteiger partial charge is 0.492 e. The van der Waals surface area contributed by atoms with Crippen molar-refractivity contribution in [2.24, 2.45) is 4.99 Å². The van der Waals surface area contributed by atoms with E-state index in [1.165, 1.54) is 5.56 Å². The Kier molecular flexibility index (Phi) is 8.85. The molecule has 0 bridgehead atoms. The fraction of sp³-hybridized carbons (Fsp3) is 0.364. The molecule has 6 nitrogen and oxygen atoms in total. The van der Waals surface area contributed by atoms with Crippen LogP contribution in [0.1, 0.15) is 30.9 Å². The molecule has 2 aromatic rings. The summed E-state index contributed by atoms with van der Waals surface area (Å²) in [4.78, 5) is 15.8. The highest BCUT2D eigenvalue weighted by atomic mass is 16.5. The molecule has 0 saturated carbocycles. The maximum atomic E-state index is 11.6. The van der Waals surface area contributed by atoms with E-state index >= 15 is 0 Å². The Morgan fingerprint density at radius 3 is 2.39 bits per heavy atom. The SMILES string of the molecule is CCCC(=O)Nc1ccc(CNC(=NC)NCCOc2ccc(C)cc2)cc1. The van der Waals surface area contributed by atoms with Gasteiger partial charge in [0, 0.05) is 25.7 Å². The second-order valence-electron chi connectivity index (χ2n) is 6.51. The molecule has 0 heterocycles. The molecule has 0 aliphatic heterocycles. The first kappa shape index (κ1) is 21.3. The number of carbonyl (C=O) groups is 1. The maximum absolute atomic E-state index is 11.6. The molecule has 1 amide bonds. The molecule has 6 heteroatoms. The molecule has 0 fully saturated rings. The normalized spacial score (nSPS) is 11.0. The highest BCUT2D eigenvalue weighted by molar-refractivity contribution is 5.90. The number of benzene rings is 2. The number of amides is 1. The number of nitrogens with zero attached hydrogens (tertiary/aromatic N) is 1. The number of anilines is 1. The van der Waals surface area contributed by atoms with Gasteiger partial charge in [0.25, 0.3) is 0 Å². The van der Waals surface area contributed by atoms with E-state index in [0.29, 0.717) is 32.1 Å². The van der Waals surface area contributed by atoms with Crippen LogP contribution in [0.15, 0.2) is 53.5 Å². The molecule has 0 aliphatic carbocycles. The summed E-state index contributed by atoms with van der Waals surface area (Å²) < 4.78 is 5.70. The Morgan fingerprint density at radius 1 is 1.04 bits per heavy atom. The number of nitrogens with one attached hydrogen (secondary N) is 3. The first-order chi connectivity index (χ1) is 13.6. The third-order valence-corrected chi connectivity index (χ3v) is 4.08. The van der Waals surface area contributed by atoms with Crippen LogP contribution in [-0.2, 0) is 11.3 Å². The van der Waals surface area contributed by atoms with Gasteiger partial charge in [0.15, 0.2) is 5.96 Å². The van der Waals surface area contributed by atoms with Crippen LogP contribution in [0.5, 0.6) is 5.75 Å². The minimum atomic E-state index is 0.0471. The summed E-state index contributed by atoms with van der Waals surface area (Å²) in [7, 11) is 1.74. The van der Waals surface area contributed by atoms with Gasteiger partial charge in [0.2, 0.25) is 5.91 Å². The third-order valence-electron chi connectivity index (χ3n) is 4.08. The van der Waals surface area contributed by atoms with Crippen molar-refractivity contribution < 1.29 is 9.53 Å². The minimum absolute atomic E-state index is 0.0471. The third kappa shape index (κ3) is 7.70. The number of rotatable bonds is 9. The first-order valence-electron chi connectivity index (χ1n) is 9.63. The van der Waals surface area contributed by atoms with E-state index in [-0.39, 0.29) is 5.91 Å². The summed E-state index contributed by atoms with van der Waals surface area (Å²) in [6.45, 7) is 5.88. The number of hydrogen-bond donors (Lipinski definition) is 3. The molecule has 0 aromatic heterocycles. The molecule has 0 saturated heterocycles. The Bertz CT molecular complexity index is 755. The number of ether oxygens (including phenoxy) is 1. The molecule has 0 atom stereocenters. The standard InChI is InChI=1S/C22H30N4O2/c1-4-5-21(27)26-19-10-8-18(9-11-19)16-25-22(23-3)24-14-15-28-20-12-6-17(2)7-13-20/h6-13H,4-5,14-16H2,1-3H3,(H,26,27)(H2,23,24,25). The monoisotopic (exact) mass is 382 g/mol. The highest BCUT2D eigenvalue weighted by Gasteiger charge is 2.02. The molecule has 0 aliphatic rings. The van der Waals surface area contributed by atoms with Crippen molar-refractivity contribution in [2.75, 3.05) is 25.5 Å². The molecular formula is C22H30N4O2. The predicted molar refractivity (Wildman–Crippen MR) is 115 cm³/mol. The van der Waals surface area contributed by atoms with Gasteiger partial charge in [0.05, 0.1) is 6.54 Å². The van der Waals surface area contributed by atoms with Gasteiger partial charge < -0.3 is 20.7 Å². The van der Waals surface area contributed by atoms with E-state index in [1.807, 2.05) is 55.5 Å². The second kappa shape index (κ2) is 11.6. The van der Waals surface area contributed by atoms with Crippen LogP contribution in [0.25, 0.3) is 0 Å². The van der Waals surface area contributed by atoms with Crippen LogP contribution in [0.3, 0.4) is 0 Å². The van der Waals surface area contributed by atoms with Crippen molar-refractivity contribution >= 4 is 17.6 Å². The lowest BCUT2D eigenvalue weighted by molar-refractivity contribution is -0.116. The number of hydrogen-bond acceptors (Lipinski definition) is 3. The smallest absolute Gasteiger partial charge is 0.224 e. The molecular weight excluding hydrogens is 352 g/mol. The number of guanidine groups is 1. The van der Waals surface area contributed by atoms with E-state index in [2.05, 4.69) is 27.9 Å². The van der Waals surface area contributed by atoms with Crippen LogP contribution < -0.4 is 20.7 Å². The summed E-state index contributed by atoms with van der Waals surface area (Å²) in [6.07, 6.45) is 1.38. The van der Waals surface area contributed by atoms with Crippen molar-refractivity contribution in [1.82, 2.24) is 10.6 Å². The van der Waals surface area contributed by atoms with Crippen LogP contribution in [0.4, 0.5) is 5.69 Å². The van der Waals surface area contributed by atoms with Gasteiger partial charge in [-0.05, 0) is 43.2 Å². The van der Waals surface area contributed by atoms with Gasteiger partial charge in [-0.3, -0.25) is 9.79 Å². The van der Waals surface area contributed by atoms with E-state index < -0.39 is 0 Å². The van der Waals surface area contributed by atoms with Gasteiger partial charge in [-0.2, -0.15) is 0 Å². The molecule has 2 aromatic carbocycles. The van der Waals surface area contributed by atoms with Gasteiger partial charge in [-0.25, -0.2) is 0 Å². The first-order valence-corrected chi connectivity index (χ1v) is 9.63. The highest BCUT2D eigenvalue weighted by Crippen LogP contribution is 2.11. The Morgan fingerprint density at radius 2 is 1.75 bits per heavy atom. The molecule has 3 N–H and O–H groups in total. The summed E-state index contributed by atoms with van der Waals surface area (Å²) in [6, 6.07) is 15.8. The Balaban J connectivity index is 1.69. The minimum Gasteiger partial charge on any atom is -0.492 e. The van der Waals surface area contributed by atoms with Gasteiger partial charge >= 0.3 is 0 Å². The predicted octanol–water partition coefficient (Wildman–Crippen LogP) is 3.48. The lowest BCUT2D eigenvalue weighted by atomic mass is 10.2. The molecule has 0 unspecified atom stereocenters. The summed E-state index contributed by atoms with van der Waals surface area (Å²) in [5, 5.41) is 9.39. The molecule has 28 heavy (non-hydrogen) atoms. The average Bonchev–Trinajstić information content (AvgIpc) is 2.70. The maximum Gasteiger partial charge on any atom is 0.224 e. The van der Waals surface area contributed by atoms with Crippen molar-refractivity contribution in [1.29, 1.82) is 0 Å². The average molecular weight is 383 g/mol. The number of aryl methyl sites for hydroxylation is 1. The van der Waals surface area contributed by atoms with E-state index in [9.17, 15) is 4.79 Å². The van der Waals surface area contributed by atoms with Crippen LogP contribution in [0.2, 0.25) is 0 Å². The zero-order valence-electron chi connectivity index (χ0n) is 16.9. The number of aliphatic imine (C=N–C) groups is 1. The molecule has 150 valence electrons. The molecule has 0 spiro atoms. The van der Waals surface area contributed by atoms with Gasteiger partial charge in [-0.1, -0.05) is 36.8 Å². The molecule has 0 radical (unpaired) electrons. The van der Waals surface area contributed by atoms with E-state index in [4.69, 9.17) is 4.74 Å². The van der Waals surface area contributed by atoms with Crippen molar-refractivity contribution in [2.45, 2.75) is 33.2 Å². The fourth-order valence-corrected chi connectivity index (χ4v) is 2.54. The lowest BCUT2D eigenvalue weighted by Gasteiger charge is -2.13. The summed E-state index contributed by atoms with van der Waals surface area (Å²) in [5.41, 5.74) is 3.14. The Labute approximate surface area is 167 Å². The molecule has 2 rings (SSSR count). The lowest BCUT2D eigenvalue weighted by Crippen LogP contribution is -2.38. The van der Waals surface area contributed by atoms with E-state index in [0.717, 1.165) is 23.4 Å². The summed E-state index contributed by atoms with van der Waals surface area (Å²) >= 11 is 0. The van der Waals surface area contributed by atoms with Crippen molar-refractivity contribution in [3.8, 4) is 5.75 Å². The summed E-state index contributed by atoms with van der Waals surface area (Å²) in [5.74, 6) is 1.63. The van der Waals surface area contributed by atoms with Crippen molar-refractivity contribution in [3.63, 3.8) is 0 Å². The topological polar surface area (TPSA) is 74.8 Å². The number of carbonyl (C=O) groups excluding carboxylic acids is 1. The zero-order chi connectivity index (χ0) is 20.2. The van der Waals surface area contributed by atoms with Crippen LogP contribution >= 0.6 is 0 Å². The van der Waals surface area contributed by atoms with Gasteiger partial charge in [0.1, 0.15) is 12.4 Å². The quantitative estimate of drug-likeness (QED) is 0.353. The Hall–Kier alpha value is -3.02. The van der Waals surface area contributed by atoms with Crippen molar-refractivity contribution in [3.05, 3.63) is 59.7 Å². The second-order valence-corrected chi connectivity index (χ2v) is 6.51. The fourth-order valence-electron chi connectivity index (χ4n) is 2.54. The van der Waals surface area contributed by atoms with Crippen LogP contribution in [-0.4, -0.2) is 32.1 Å². The zero-order valence-corrected chi connectivity index (χ0v) is 16.9.